The fraction of sp³-hybridized carbons (Fsp3) is 0.769. The van der Waals surface area contributed by atoms with Crippen molar-refractivity contribution >= 4 is 17.7 Å². The smallest absolute Gasteiger partial charge is 0.309 e. The molecule has 0 spiro atoms. The highest BCUT2D eigenvalue weighted by molar-refractivity contribution is 5.82. The first-order chi connectivity index (χ1) is 8.91. The average Bonchev–Trinajstić information content (AvgIpc) is 2.34. The largest absolute Gasteiger partial charge is 0.481 e. The van der Waals surface area contributed by atoms with Gasteiger partial charge in [0, 0.05) is 18.8 Å². The van der Waals surface area contributed by atoms with Gasteiger partial charge >= 0.3 is 11.9 Å². The fourth-order valence-electron chi connectivity index (χ4n) is 2.49. The zero-order valence-corrected chi connectivity index (χ0v) is 10.7. The van der Waals surface area contributed by atoms with Crippen molar-refractivity contribution in [2.75, 3.05) is 0 Å². The molecule has 6 nitrogen and oxygen atoms in total. The van der Waals surface area contributed by atoms with E-state index in [0.717, 1.165) is 0 Å². The Morgan fingerprint density at radius 3 is 2.21 bits per heavy atom. The first-order valence-electron chi connectivity index (χ1n) is 6.57. The molecular formula is C13H20O6. The van der Waals surface area contributed by atoms with Gasteiger partial charge in [-0.15, -0.1) is 0 Å². The third kappa shape index (κ3) is 4.98. The van der Waals surface area contributed by atoms with Crippen molar-refractivity contribution in [2.45, 2.75) is 51.0 Å². The van der Waals surface area contributed by atoms with Crippen molar-refractivity contribution in [1.82, 2.24) is 0 Å². The van der Waals surface area contributed by atoms with Crippen molar-refractivity contribution in [3.63, 3.8) is 0 Å². The number of hydrogen-bond acceptors (Lipinski definition) is 4. The Kier molecular flexibility index (Phi) is 5.95. The normalized spacial score (nSPS) is 26.9. The molecule has 6 heteroatoms. The van der Waals surface area contributed by atoms with Crippen LogP contribution >= 0.6 is 0 Å². The molecule has 0 amide bonds. The summed E-state index contributed by atoms with van der Waals surface area (Å²) in [4.78, 5) is 33.1. The molecule has 0 heterocycles. The maximum absolute atomic E-state index is 11.9. The van der Waals surface area contributed by atoms with Gasteiger partial charge in [0.15, 0.2) is 0 Å². The van der Waals surface area contributed by atoms with Crippen LogP contribution in [0.25, 0.3) is 0 Å². The molecule has 1 rings (SSSR count). The molecular weight excluding hydrogens is 252 g/mol. The summed E-state index contributed by atoms with van der Waals surface area (Å²) < 4.78 is 0. The summed E-state index contributed by atoms with van der Waals surface area (Å²) in [6.07, 6.45) is 1.49. The van der Waals surface area contributed by atoms with Gasteiger partial charge in [-0.3, -0.25) is 14.4 Å². The predicted molar refractivity (Wildman–Crippen MR) is 65.6 cm³/mol. The quantitative estimate of drug-likeness (QED) is 0.597. The standard InChI is InChI=1S/C13H20O6/c14-10(3-1-2-4-12(16)17)8-5-6-11(15)9(7-8)13(18)19/h8-9,11,15H,1-7H2,(H,16,17)(H,18,19). The van der Waals surface area contributed by atoms with Crippen molar-refractivity contribution < 1.29 is 29.7 Å². The van der Waals surface area contributed by atoms with Crippen LogP contribution in [0.2, 0.25) is 0 Å². The monoisotopic (exact) mass is 272 g/mol. The third-order valence-electron chi connectivity index (χ3n) is 3.65. The second-order valence-corrected chi connectivity index (χ2v) is 5.09. The lowest BCUT2D eigenvalue weighted by atomic mass is 9.77. The summed E-state index contributed by atoms with van der Waals surface area (Å²) in [5.74, 6) is -3.12. The van der Waals surface area contributed by atoms with Gasteiger partial charge in [0.25, 0.3) is 0 Å². The van der Waals surface area contributed by atoms with Crippen LogP contribution in [0.15, 0.2) is 0 Å². The maximum atomic E-state index is 11.9. The second kappa shape index (κ2) is 7.23. The lowest BCUT2D eigenvalue weighted by molar-refractivity contribution is -0.149. The van der Waals surface area contributed by atoms with E-state index in [-0.39, 0.29) is 24.5 Å². The number of hydrogen-bond donors (Lipinski definition) is 3. The van der Waals surface area contributed by atoms with E-state index in [1.165, 1.54) is 0 Å². The Hall–Kier alpha value is -1.43. The summed E-state index contributed by atoms with van der Waals surface area (Å²) in [6.45, 7) is 0. The third-order valence-corrected chi connectivity index (χ3v) is 3.65. The van der Waals surface area contributed by atoms with Gasteiger partial charge in [-0.25, -0.2) is 0 Å². The first kappa shape index (κ1) is 15.6. The van der Waals surface area contributed by atoms with E-state index in [1.54, 1.807) is 0 Å². The number of carbonyl (C=O) groups is 3. The zero-order chi connectivity index (χ0) is 14.4. The molecule has 3 atom stereocenters. The molecule has 0 radical (unpaired) electrons. The first-order valence-corrected chi connectivity index (χ1v) is 6.57. The number of aliphatic carboxylic acids is 2. The van der Waals surface area contributed by atoms with E-state index in [4.69, 9.17) is 10.2 Å². The van der Waals surface area contributed by atoms with Gasteiger partial charge in [-0.05, 0) is 32.1 Å². The van der Waals surface area contributed by atoms with Gasteiger partial charge in [0.1, 0.15) is 5.78 Å². The maximum Gasteiger partial charge on any atom is 0.309 e. The van der Waals surface area contributed by atoms with E-state index in [1.807, 2.05) is 0 Å². The van der Waals surface area contributed by atoms with E-state index in [9.17, 15) is 19.5 Å². The number of aliphatic hydroxyl groups is 1. The van der Waals surface area contributed by atoms with Crippen molar-refractivity contribution in [3.05, 3.63) is 0 Å². The van der Waals surface area contributed by atoms with E-state index in [2.05, 4.69) is 0 Å². The Balaban J connectivity index is 2.36. The van der Waals surface area contributed by atoms with Gasteiger partial charge in [0.2, 0.25) is 0 Å². The van der Waals surface area contributed by atoms with Crippen molar-refractivity contribution in [3.8, 4) is 0 Å². The predicted octanol–water partition coefficient (Wildman–Crippen LogP) is 1.06. The van der Waals surface area contributed by atoms with Crippen LogP contribution in [0.3, 0.4) is 0 Å². The number of unbranched alkanes of at least 4 members (excludes halogenated alkanes) is 1. The van der Waals surface area contributed by atoms with Crippen LogP contribution in [0.5, 0.6) is 0 Å². The summed E-state index contributed by atoms with van der Waals surface area (Å²) >= 11 is 0. The molecule has 0 bridgehead atoms. The number of aliphatic hydroxyl groups excluding tert-OH is 1. The van der Waals surface area contributed by atoms with Crippen LogP contribution in [0, 0.1) is 11.8 Å². The number of carbonyl (C=O) groups excluding carboxylic acids is 1. The molecule has 1 aliphatic carbocycles. The SMILES string of the molecule is O=C(O)CCCCC(=O)C1CCC(O)C(C(=O)O)C1. The molecule has 0 aliphatic heterocycles. The number of ketones is 1. The molecule has 19 heavy (non-hydrogen) atoms. The second-order valence-electron chi connectivity index (χ2n) is 5.09. The summed E-state index contributed by atoms with van der Waals surface area (Å²) in [5.41, 5.74) is 0. The highest BCUT2D eigenvalue weighted by Crippen LogP contribution is 2.31. The highest BCUT2D eigenvalue weighted by atomic mass is 16.4. The average molecular weight is 272 g/mol. The molecule has 108 valence electrons. The Morgan fingerprint density at radius 1 is 1.00 bits per heavy atom. The lowest BCUT2D eigenvalue weighted by Crippen LogP contribution is -2.37. The summed E-state index contributed by atoms with van der Waals surface area (Å²) in [5, 5.41) is 27.0. The Labute approximate surface area is 111 Å². The van der Waals surface area contributed by atoms with Crippen LogP contribution in [-0.2, 0) is 14.4 Å². The number of carboxylic acid groups (broad SMARTS) is 2. The minimum atomic E-state index is -1.06. The van der Waals surface area contributed by atoms with E-state index >= 15 is 0 Å². The molecule has 3 N–H and O–H groups in total. The van der Waals surface area contributed by atoms with Crippen molar-refractivity contribution in [1.29, 1.82) is 0 Å². The summed E-state index contributed by atoms with van der Waals surface area (Å²) in [7, 11) is 0. The Bertz CT molecular complexity index is 351. The fourth-order valence-corrected chi connectivity index (χ4v) is 2.49. The molecule has 1 aliphatic rings. The lowest BCUT2D eigenvalue weighted by Gasteiger charge is -2.29. The van der Waals surface area contributed by atoms with Gasteiger partial charge < -0.3 is 15.3 Å². The summed E-state index contributed by atoms with van der Waals surface area (Å²) in [6, 6.07) is 0. The van der Waals surface area contributed by atoms with Gasteiger partial charge in [-0.1, -0.05) is 0 Å². The minimum absolute atomic E-state index is 0.0106. The van der Waals surface area contributed by atoms with Gasteiger partial charge in [-0.2, -0.15) is 0 Å². The molecule has 3 unspecified atom stereocenters. The Morgan fingerprint density at radius 2 is 1.63 bits per heavy atom. The van der Waals surface area contributed by atoms with Crippen LogP contribution in [-0.4, -0.2) is 39.1 Å². The van der Waals surface area contributed by atoms with Crippen LogP contribution in [0.1, 0.15) is 44.9 Å². The molecule has 1 saturated carbocycles. The van der Waals surface area contributed by atoms with Gasteiger partial charge in [0.05, 0.1) is 12.0 Å². The number of rotatable bonds is 7. The van der Waals surface area contributed by atoms with Crippen molar-refractivity contribution in [2.24, 2.45) is 11.8 Å². The molecule has 0 aromatic rings. The molecule has 1 fully saturated rings. The minimum Gasteiger partial charge on any atom is -0.481 e. The molecule has 0 saturated heterocycles. The zero-order valence-electron chi connectivity index (χ0n) is 10.7. The van der Waals surface area contributed by atoms with Crippen LogP contribution in [0.4, 0.5) is 0 Å². The van der Waals surface area contributed by atoms with E-state index < -0.39 is 24.0 Å². The van der Waals surface area contributed by atoms with Crippen LogP contribution < -0.4 is 0 Å². The molecule has 0 aromatic carbocycles. The topological polar surface area (TPSA) is 112 Å². The molecule has 0 aromatic heterocycles. The number of Topliss-reactive ketones (excluding diaryl/α,β-unsaturated/α-hetero) is 1. The van der Waals surface area contributed by atoms with E-state index in [0.29, 0.717) is 32.1 Å². The number of carboxylic acids is 2. The highest BCUT2D eigenvalue weighted by Gasteiger charge is 2.36.